The van der Waals surface area contributed by atoms with Gasteiger partial charge in [0.2, 0.25) is 0 Å². The van der Waals surface area contributed by atoms with Crippen molar-refractivity contribution < 1.29 is 38.6 Å². The topological polar surface area (TPSA) is 95.8 Å². The summed E-state index contributed by atoms with van der Waals surface area (Å²) in [5.74, 6) is 0. The highest BCUT2D eigenvalue weighted by molar-refractivity contribution is 7.40. The first-order valence-electron chi connectivity index (χ1n) is 13.9. The third kappa shape index (κ3) is 12.7. The van der Waals surface area contributed by atoms with Crippen LogP contribution in [0.4, 0.5) is 0 Å². The largest absolute Gasteiger partial charge is 0.394 e. The van der Waals surface area contributed by atoms with Gasteiger partial charge in [0.05, 0.1) is 91.5 Å². The number of benzene rings is 2. The second-order valence-corrected chi connectivity index (χ2v) is 11.1. The molecule has 0 unspecified atom stereocenters. The molecule has 218 valence electrons. The lowest BCUT2D eigenvalue weighted by atomic mass is 9.98. The van der Waals surface area contributed by atoms with E-state index < -0.39 is 0 Å². The monoisotopic (exact) mass is 564 g/mol. The molecule has 0 saturated carbocycles. The van der Waals surface area contributed by atoms with Gasteiger partial charge in [-0.3, -0.25) is 0 Å². The van der Waals surface area contributed by atoms with E-state index in [9.17, 15) is 0 Å². The Morgan fingerprint density at radius 3 is 1.23 bits per heavy atom. The Kier molecular flexibility index (Phi) is 16.8. The van der Waals surface area contributed by atoms with Gasteiger partial charge in [0.15, 0.2) is 0 Å². The van der Waals surface area contributed by atoms with Gasteiger partial charge < -0.3 is 38.6 Å². The lowest BCUT2D eigenvalue weighted by molar-refractivity contribution is -0.0909. The summed E-state index contributed by atoms with van der Waals surface area (Å²) in [6, 6.07) is 21.2. The van der Waals surface area contributed by atoms with Crippen molar-refractivity contribution in [3.05, 3.63) is 71.8 Å². The molecule has 2 N–H and O–H groups in total. The Morgan fingerprint density at radius 2 is 0.846 bits per heavy atom. The van der Waals surface area contributed by atoms with Crippen LogP contribution in [0.2, 0.25) is 0 Å². The highest BCUT2D eigenvalue weighted by Gasteiger charge is 2.44. The van der Waals surface area contributed by atoms with Crippen LogP contribution in [-0.4, -0.2) is 113 Å². The summed E-state index contributed by atoms with van der Waals surface area (Å²) < 4.78 is 34.9. The zero-order valence-corrected chi connectivity index (χ0v) is 23.8. The van der Waals surface area contributed by atoms with Crippen molar-refractivity contribution in [1.29, 1.82) is 0 Å². The van der Waals surface area contributed by atoms with Gasteiger partial charge >= 0.3 is 0 Å². The van der Waals surface area contributed by atoms with Crippen LogP contribution in [0.25, 0.3) is 0 Å². The van der Waals surface area contributed by atoms with Crippen molar-refractivity contribution in [2.24, 2.45) is 0 Å². The first-order chi connectivity index (χ1) is 19.3. The van der Waals surface area contributed by atoms with Crippen molar-refractivity contribution in [2.45, 2.75) is 36.4 Å². The van der Waals surface area contributed by atoms with E-state index in [0.717, 1.165) is 12.8 Å². The number of hydrogen-bond acceptors (Lipinski definition) is 8. The van der Waals surface area contributed by atoms with Crippen molar-refractivity contribution in [2.75, 3.05) is 79.3 Å². The zero-order chi connectivity index (χ0) is 27.4. The summed E-state index contributed by atoms with van der Waals surface area (Å²) >= 11 is 0. The molecule has 8 nitrogen and oxygen atoms in total. The number of aliphatic hydroxyl groups is 2. The van der Waals surface area contributed by atoms with Crippen LogP contribution in [0.15, 0.2) is 60.7 Å². The maximum Gasteiger partial charge on any atom is 0.0912 e. The first-order valence-corrected chi connectivity index (χ1v) is 15.1. The number of ether oxygens (including phenoxy) is 6. The molecule has 1 aliphatic heterocycles. The van der Waals surface area contributed by atoms with Gasteiger partial charge in [0.1, 0.15) is 0 Å². The highest BCUT2D eigenvalue weighted by Crippen LogP contribution is 2.46. The standard InChI is InChI=1S/C30H45O8P/c31-11-13-33-15-17-35-19-21-37-29-27(23-25-7-3-1-4-8-25)39-28(24-26-9-5-2-6-10-26)30(29)38-22-20-36-18-16-34-14-12-32/h1-10,27-32,39H,11-24H2/t27-,28-,29+,30+/m0/s1. The van der Waals surface area contributed by atoms with E-state index in [0.29, 0.717) is 86.0 Å². The van der Waals surface area contributed by atoms with Gasteiger partial charge in [-0.1, -0.05) is 60.7 Å². The molecule has 0 bridgehead atoms. The smallest absolute Gasteiger partial charge is 0.0912 e. The van der Waals surface area contributed by atoms with Crippen LogP contribution in [-0.2, 0) is 41.3 Å². The van der Waals surface area contributed by atoms with E-state index in [1.54, 1.807) is 0 Å². The molecule has 2 aromatic rings. The molecule has 1 fully saturated rings. The van der Waals surface area contributed by atoms with Crippen LogP contribution in [0, 0.1) is 0 Å². The molecule has 0 radical (unpaired) electrons. The highest BCUT2D eigenvalue weighted by atomic mass is 31.1. The van der Waals surface area contributed by atoms with E-state index in [2.05, 4.69) is 60.7 Å². The Bertz CT molecular complexity index is 774. The molecular formula is C30H45O8P. The Balaban J connectivity index is 1.60. The Labute approximate surface area is 234 Å². The number of hydrogen-bond donors (Lipinski definition) is 2. The molecule has 9 heteroatoms. The SMILES string of the molecule is OCCOCCOCCO[C@H]1[C@H](OCCOCCOCCO)[C@H](Cc2ccccc2)P[C@H]1Cc1ccccc1. The van der Waals surface area contributed by atoms with Crippen LogP contribution in [0.3, 0.4) is 0 Å². The molecule has 0 aromatic heterocycles. The second-order valence-electron chi connectivity index (χ2n) is 9.33. The predicted octanol–water partition coefficient (Wildman–Crippen LogP) is 2.72. The third-order valence-electron chi connectivity index (χ3n) is 6.43. The average molecular weight is 565 g/mol. The van der Waals surface area contributed by atoms with Crippen LogP contribution in [0.5, 0.6) is 0 Å². The molecule has 0 spiro atoms. The van der Waals surface area contributed by atoms with Crippen LogP contribution < -0.4 is 0 Å². The molecule has 39 heavy (non-hydrogen) atoms. The summed E-state index contributed by atoms with van der Waals surface area (Å²) in [5.41, 5.74) is 3.33. The van der Waals surface area contributed by atoms with Crippen molar-refractivity contribution in [1.82, 2.24) is 0 Å². The van der Waals surface area contributed by atoms with Crippen LogP contribution in [0.1, 0.15) is 11.1 Å². The van der Waals surface area contributed by atoms with Gasteiger partial charge in [0.25, 0.3) is 0 Å². The van der Waals surface area contributed by atoms with Crippen molar-refractivity contribution in [3.8, 4) is 0 Å². The minimum Gasteiger partial charge on any atom is -0.394 e. The summed E-state index contributed by atoms with van der Waals surface area (Å²) in [6.45, 7) is 4.46. The van der Waals surface area contributed by atoms with Gasteiger partial charge in [-0.2, -0.15) is 0 Å². The maximum absolute atomic E-state index is 8.81. The van der Waals surface area contributed by atoms with Gasteiger partial charge in [-0.05, 0) is 24.0 Å². The van der Waals surface area contributed by atoms with Crippen molar-refractivity contribution in [3.63, 3.8) is 0 Å². The lowest BCUT2D eigenvalue weighted by Crippen LogP contribution is -2.40. The van der Waals surface area contributed by atoms with E-state index in [4.69, 9.17) is 38.6 Å². The number of rotatable bonds is 22. The van der Waals surface area contributed by atoms with E-state index >= 15 is 0 Å². The maximum atomic E-state index is 8.81. The summed E-state index contributed by atoms with van der Waals surface area (Å²) in [5, 5.41) is 17.6. The van der Waals surface area contributed by atoms with Crippen LogP contribution >= 0.6 is 8.58 Å². The fourth-order valence-corrected chi connectivity index (χ4v) is 6.90. The molecule has 0 amide bonds. The fourth-order valence-electron chi connectivity index (χ4n) is 4.69. The predicted molar refractivity (Wildman–Crippen MR) is 153 cm³/mol. The zero-order valence-electron chi connectivity index (χ0n) is 22.8. The summed E-state index contributed by atoms with van der Waals surface area (Å²) in [4.78, 5) is 0. The Morgan fingerprint density at radius 1 is 0.487 bits per heavy atom. The van der Waals surface area contributed by atoms with Gasteiger partial charge in [-0.25, -0.2) is 0 Å². The van der Waals surface area contributed by atoms with E-state index in [1.807, 2.05) is 0 Å². The first kappa shape index (κ1) is 32.1. The van der Waals surface area contributed by atoms with E-state index in [1.165, 1.54) is 11.1 Å². The Hall–Kier alpha value is -1.45. The van der Waals surface area contributed by atoms with Crippen molar-refractivity contribution >= 4 is 8.58 Å². The number of aliphatic hydroxyl groups excluding tert-OH is 2. The van der Waals surface area contributed by atoms with Gasteiger partial charge in [-0.15, -0.1) is 8.58 Å². The normalized spacial score (nSPS) is 21.6. The summed E-state index contributed by atoms with van der Waals surface area (Å²) in [6.07, 6.45) is 1.81. The molecule has 3 rings (SSSR count). The molecule has 1 saturated heterocycles. The minimum absolute atomic E-state index is 0.0163. The molecule has 0 aliphatic carbocycles. The van der Waals surface area contributed by atoms with Gasteiger partial charge in [0, 0.05) is 11.3 Å². The van der Waals surface area contributed by atoms with E-state index in [-0.39, 0.29) is 25.4 Å². The minimum atomic E-state index is -0.0422. The molecule has 1 aliphatic rings. The fraction of sp³-hybridized carbons (Fsp3) is 0.600. The second kappa shape index (κ2) is 20.4. The quantitative estimate of drug-likeness (QED) is 0.167. The average Bonchev–Trinajstić information content (AvgIpc) is 3.27. The molecular weight excluding hydrogens is 519 g/mol. The summed E-state index contributed by atoms with van der Waals surface area (Å²) in [7, 11) is 0.707. The molecule has 1 heterocycles. The third-order valence-corrected chi connectivity index (χ3v) is 8.35. The molecule has 4 atom stereocenters. The lowest BCUT2D eigenvalue weighted by Gasteiger charge is -2.27. The molecule has 2 aromatic carbocycles.